The lowest BCUT2D eigenvalue weighted by molar-refractivity contribution is -0.149. The van der Waals surface area contributed by atoms with Gasteiger partial charge in [0.15, 0.2) is 6.61 Å². The zero-order chi connectivity index (χ0) is 29.6. The maximum absolute atomic E-state index is 13.4. The Morgan fingerprint density at radius 1 is 1.12 bits per heavy atom. The number of hydrogen-bond acceptors (Lipinski definition) is 10. The summed E-state index contributed by atoms with van der Waals surface area (Å²) in [5.74, 6) is -4.94. The summed E-state index contributed by atoms with van der Waals surface area (Å²) in [4.78, 5) is 66.2. The van der Waals surface area contributed by atoms with Gasteiger partial charge in [-0.2, -0.15) is 0 Å². The number of benzene rings is 2. The number of thiazole rings is 1. The molecule has 1 aromatic heterocycles. The van der Waals surface area contributed by atoms with Gasteiger partial charge in [0.2, 0.25) is 21.8 Å². The highest BCUT2D eigenvalue weighted by Gasteiger charge is 2.56. The molecule has 214 valence electrons. The lowest BCUT2D eigenvalue weighted by Gasteiger charge is -2.31. The first-order valence-corrected chi connectivity index (χ1v) is 15.7. The third kappa shape index (κ3) is 5.80. The molecular formula is C24H19BrN4O9S3. The zero-order valence-electron chi connectivity index (χ0n) is 20.5. The van der Waals surface area contributed by atoms with Gasteiger partial charge in [0.1, 0.15) is 17.5 Å². The van der Waals surface area contributed by atoms with Crippen molar-refractivity contribution in [3.63, 3.8) is 0 Å². The number of carboxylic acid groups (broad SMARTS) is 1. The van der Waals surface area contributed by atoms with Gasteiger partial charge in [-0.3, -0.25) is 28.9 Å². The van der Waals surface area contributed by atoms with Gasteiger partial charge in [0.25, 0.3) is 5.91 Å². The number of anilines is 1. The molecule has 5 N–H and O–H groups in total. The molecule has 0 aliphatic carbocycles. The van der Waals surface area contributed by atoms with Crippen molar-refractivity contribution in [2.24, 2.45) is 11.1 Å². The van der Waals surface area contributed by atoms with Gasteiger partial charge in [-0.25, -0.2) is 13.6 Å². The number of ether oxygens (including phenoxy) is 1. The molecule has 3 atom stereocenters. The third-order valence-electron chi connectivity index (χ3n) is 6.34. The first kappa shape index (κ1) is 29.0. The monoisotopic (exact) mass is 682 g/mol. The fourth-order valence-corrected chi connectivity index (χ4v) is 8.08. The SMILES string of the molecule is NS(=O)(=O)c1ccc(NC(=O)COc2ccc(Br)cc2[C@@H]2c3sc(=O)[nH]c3S[C@@H]3C(=O)N(CC(=O)O)C(=O)[C@H]23)cc1. The molecule has 0 saturated carbocycles. The standard InChI is InChI=1S/C24H19BrN4O9S3/c25-10-1-6-14(38-9-15(30)27-11-2-4-12(5-3-11)41(26,36)37)13(7-10)17-18-20(39-21-19(17)40-24(35)28-21)23(34)29(22(18)33)8-16(31)32/h1-7,17-18,20H,8-9H2,(H,27,30)(H,28,35)(H,31,32)(H2,26,36,37)/t17-,18+,20-/m0/s1. The molecular weight excluding hydrogens is 664 g/mol. The molecule has 1 saturated heterocycles. The van der Waals surface area contributed by atoms with E-state index in [4.69, 9.17) is 9.88 Å². The quantitative estimate of drug-likeness (QED) is 0.252. The van der Waals surface area contributed by atoms with Crippen LogP contribution in [0.1, 0.15) is 16.4 Å². The van der Waals surface area contributed by atoms with E-state index in [-0.39, 0.29) is 15.5 Å². The second kappa shape index (κ2) is 11.1. The number of thioether (sulfide) groups is 1. The maximum Gasteiger partial charge on any atom is 0.323 e. The van der Waals surface area contributed by atoms with E-state index < -0.39 is 64.0 Å². The number of hydrogen-bond donors (Lipinski definition) is 4. The van der Waals surface area contributed by atoms with Crippen LogP contribution in [0.5, 0.6) is 5.75 Å². The molecule has 0 radical (unpaired) electrons. The summed E-state index contributed by atoms with van der Waals surface area (Å²) < 4.78 is 29.3. The molecule has 2 aliphatic heterocycles. The first-order chi connectivity index (χ1) is 19.3. The number of carbonyl (C=O) groups excluding carboxylic acids is 3. The molecule has 3 aromatic rings. The maximum atomic E-state index is 13.4. The number of nitrogens with zero attached hydrogens (tertiary/aromatic N) is 1. The number of primary sulfonamides is 1. The number of carboxylic acids is 1. The predicted octanol–water partition coefficient (Wildman–Crippen LogP) is 1.54. The van der Waals surface area contributed by atoms with Gasteiger partial charge >= 0.3 is 10.8 Å². The van der Waals surface area contributed by atoms with E-state index in [9.17, 15) is 37.5 Å². The Labute approximate surface area is 248 Å². The molecule has 17 heteroatoms. The Hall–Kier alpha value is -3.51. The van der Waals surface area contributed by atoms with Crippen molar-refractivity contribution in [3.05, 3.63) is 67.0 Å². The topological polar surface area (TPSA) is 206 Å². The number of aromatic nitrogens is 1. The minimum atomic E-state index is -3.90. The number of nitrogens with one attached hydrogen (secondary N) is 2. The summed E-state index contributed by atoms with van der Waals surface area (Å²) in [6.45, 7) is -1.27. The molecule has 3 amide bonds. The van der Waals surface area contributed by atoms with Crippen LogP contribution in [0.25, 0.3) is 0 Å². The number of imide groups is 1. The zero-order valence-corrected chi connectivity index (χ0v) is 24.6. The van der Waals surface area contributed by atoms with Gasteiger partial charge in [0.05, 0.1) is 15.8 Å². The van der Waals surface area contributed by atoms with Gasteiger partial charge < -0.3 is 20.1 Å². The normalized spacial score (nSPS) is 20.0. The van der Waals surface area contributed by atoms with Crippen LogP contribution in [0.4, 0.5) is 5.69 Å². The number of aromatic amines is 1. The molecule has 2 aliphatic rings. The Balaban J connectivity index is 1.44. The highest BCUT2D eigenvalue weighted by Crippen LogP contribution is 2.54. The van der Waals surface area contributed by atoms with Crippen LogP contribution >= 0.6 is 39.0 Å². The van der Waals surface area contributed by atoms with Crippen molar-refractivity contribution < 1.29 is 37.4 Å². The largest absolute Gasteiger partial charge is 0.483 e. The van der Waals surface area contributed by atoms with Crippen LogP contribution in [0.2, 0.25) is 0 Å². The molecule has 0 bridgehead atoms. The van der Waals surface area contributed by atoms with Gasteiger partial charge in [-0.15, -0.1) is 0 Å². The van der Waals surface area contributed by atoms with Crippen molar-refractivity contribution >= 4 is 78.4 Å². The highest BCUT2D eigenvalue weighted by molar-refractivity contribution is 9.10. The minimum absolute atomic E-state index is 0.122. The number of nitrogens with two attached hydrogens (primary N) is 1. The second-order valence-electron chi connectivity index (χ2n) is 8.99. The number of aliphatic carboxylic acids is 1. The molecule has 3 heterocycles. The van der Waals surface area contributed by atoms with E-state index in [0.29, 0.717) is 30.5 Å². The lowest BCUT2D eigenvalue weighted by atomic mass is 9.82. The summed E-state index contributed by atoms with van der Waals surface area (Å²) in [5, 5.41) is 16.4. The Morgan fingerprint density at radius 3 is 2.49 bits per heavy atom. The third-order valence-corrected chi connectivity index (χ3v) is 10.2. The van der Waals surface area contributed by atoms with Crippen LogP contribution in [-0.4, -0.2) is 65.5 Å². The molecule has 13 nitrogen and oxygen atoms in total. The van der Waals surface area contributed by atoms with Gasteiger partial charge in [-0.05, 0) is 42.5 Å². The Morgan fingerprint density at radius 2 is 1.83 bits per heavy atom. The average Bonchev–Trinajstić information content (AvgIpc) is 3.38. The van der Waals surface area contributed by atoms with Crippen molar-refractivity contribution in [3.8, 4) is 5.75 Å². The number of amides is 3. The average molecular weight is 684 g/mol. The molecule has 5 rings (SSSR count). The number of fused-ring (bicyclic) bond motifs is 2. The molecule has 0 unspecified atom stereocenters. The number of carbonyl (C=O) groups is 4. The summed E-state index contributed by atoms with van der Waals surface area (Å²) in [5.41, 5.74) is 0.708. The highest BCUT2D eigenvalue weighted by atomic mass is 79.9. The molecule has 2 aromatic carbocycles. The number of rotatable bonds is 8. The number of halogens is 1. The summed E-state index contributed by atoms with van der Waals surface area (Å²) >= 11 is 5.28. The van der Waals surface area contributed by atoms with Crippen LogP contribution in [0.3, 0.4) is 0 Å². The van der Waals surface area contributed by atoms with Crippen LogP contribution in [0, 0.1) is 5.92 Å². The van der Waals surface area contributed by atoms with Crippen LogP contribution in [-0.2, 0) is 29.2 Å². The molecule has 1 fully saturated rings. The fourth-order valence-electron chi connectivity index (χ4n) is 4.66. The molecule has 0 spiro atoms. The van der Waals surface area contributed by atoms with E-state index in [2.05, 4.69) is 26.2 Å². The smallest absolute Gasteiger partial charge is 0.323 e. The van der Waals surface area contributed by atoms with Crippen molar-refractivity contribution in [1.29, 1.82) is 0 Å². The summed E-state index contributed by atoms with van der Waals surface area (Å²) in [6, 6.07) is 10.1. The van der Waals surface area contributed by atoms with Crippen molar-refractivity contribution in [2.45, 2.75) is 21.1 Å². The van der Waals surface area contributed by atoms with Crippen molar-refractivity contribution in [2.75, 3.05) is 18.5 Å². The Kier molecular flexibility index (Phi) is 7.82. The van der Waals surface area contributed by atoms with E-state index in [0.717, 1.165) is 23.1 Å². The summed E-state index contributed by atoms with van der Waals surface area (Å²) in [6.07, 6.45) is 0. The van der Waals surface area contributed by atoms with Crippen LogP contribution < -0.4 is 20.1 Å². The number of H-pyrrole nitrogens is 1. The van der Waals surface area contributed by atoms with E-state index in [1.165, 1.54) is 24.3 Å². The predicted molar refractivity (Wildman–Crippen MR) is 150 cm³/mol. The van der Waals surface area contributed by atoms with E-state index >= 15 is 0 Å². The molecule has 41 heavy (non-hydrogen) atoms. The minimum Gasteiger partial charge on any atom is -0.483 e. The van der Waals surface area contributed by atoms with Crippen molar-refractivity contribution in [1.82, 2.24) is 9.88 Å². The Bertz CT molecular complexity index is 1750. The van der Waals surface area contributed by atoms with Gasteiger partial charge in [0, 0.05) is 26.5 Å². The number of likely N-dealkylation sites (tertiary alicyclic amines) is 1. The summed E-state index contributed by atoms with van der Waals surface area (Å²) in [7, 11) is -3.90. The lowest BCUT2D eigenvalue weighted by Crippen LogP contribution is -2.36. The second-order valence-corrected chi connectivity index (χ2v) is 13.6. The van der Waals surface area contributed by atoms with Crippen LogP contribution in [0.15, 0.2) is 61.7 Å². The van der Waals surface area contributed by atoms with E-state index in [1.54, 1.807) is 18.2 Å². The first-order valence-electron chi connectivity index (χ1n) is 11.6. The number of sulfonamides is 1. The fraction of sp³-hybridized carbons (Fsp3) is 0.208. The van der Waals surface area contributed by atoms with E-state index in [1.807, 2.05) is 0 Å². The van der Waals surface area contributed by atoms with Gasteiger partial charge in [-0.1, -0.05) is 39.0 Å².